The van der Waals surface area contributed by atoms with E-state index in [2.05, 4.69) is 78.1 Å². The molecule has 0 aromatic heterocycles. The minimum absolute atomic E-state index is 0.0108. The molecule has 6 heteroatoms. The maximum Gasteiger partial charge on any atom is 0.209 e. The SMILES string of the molecule is CCC1(CC)C[C@H](NS(C)(=O)=O)C(COC2CCC(c3ccccc3)CC2)N1Cc1ccccc1. The number of rotatable bonds is 10. The van der Waals surface area contributed by atoms with Crippen LogP contribution in [0.15, 0.2) is 60.7 Å². The highest BCUT2D eigenvalue weighted by Gasteiger charge is 2.50. The number of hydrogen-bond acceptors (Lipinski definition) is 4. The van der Waals surface area contributed by atoms with Crippen molar-refractivity contribution in [2.75, 3.05) is 12.9 Å². The topological polar surface area (TPSA) is 58.6 Å². The highest BCUT2D eigenvalue weighted by Crippen LogP contribution is 2.42. The first-order chi connectivity index (χ1) is 16.8. The van der Waals surface area contributed by atoms with E-state index in [4.69, 9.17) is 4.74 Å². The van der Waals surface area contributed by atoms with E-state index in [0.29, 0.717) is 12.5 Å². The van der Waals surface area contributed by atoms with E-state index in [0.717, 1.165) is 51.5 Å². The number of likely N-dealkylation sites (tertiary alicyclic amines) is 1. The maximum absolute atomic E-state index is 12.3. The van der Waals surface area contributed by atoms with Gasteiger partial charge in [0.1, 0.15) is 0 Å². The van der Waals surface area contributed by atoms with E-state index >= 15 is 0 Å². The summed E-state index contributed by atoms with van der Waals surface area (Å²) in [7, 11) is -3.32. The van der Waals surface area contributed by atoms with E-state index in [9.17, 15) is 8.42 Å². The Morgan fingerprint density at radius 1 is 0.943 bits per heavy atom. The first-order valence-corrected chi connectivity index (χ1v) is 15.2. The molecule has 2 atom stereocenters. The minimum Gasteiger partial charge on any atom is -0.377 e. The molecular weight excluding hydrogens is 456 g/mol. The van der Waals surface area contributed by atoms with Gasteiger partial charge in [-0.2, -0.15) is 0 Å². The summed E-state index contributed by atoms with van der Waals surface area (Å²) in [5.74, 6) is 0.615. The molecule has 2 fully saturated rings. The Kier molecular flexibility index (Phi) is 8.69. The van der Waals surface area contributed by atoms with Crippen molar-refractivity contribution < 1.29 is 13.2 Å². The van der Waals surface area contributed by atoms with Crippen LogP contribution in [0, 0.1) is 0 Å². The Bertz CT molecular complexity index is 1020. The van der Waals surface area contributed by atoms with E-state index in [1.54, 1.807) is 0 Å². The molecule has 192 valence electrons. The first kappa shape index (κ1) is 26.3. The Hall–Kier alpha value is -1.73. The van der Waals surface area contributed by atoms with Gasteiger partial charge in [-0.1, -0.05) is 74.5 Å². The van der Waals surface area contributed by atoms with Crippen molar-refractivity contribution in [3.8, 4) is 0 Å². The van der Waals surface area contributed by atoms with Gasteiger partial charge >= 0.3 is 0 Å². The average molecular weight is 499 g/mol. The third-order valence-electron chi connectivity index (χ3n) is 8.40. The second kappa shape index (κ2) is 11.5. The van der Waals surface area contributed by atoms with Crippen LogP contribution in [0.3, 0.4) is 0 Å². The Balaban J connectivity index is 1.48. The lowest BCUT2D eigenvalue weighted by Crippen LogP contribution is -2.50. The number of nitrogens with one attached hydrogen (secondary N) is 1. The van der Waals surface area contributed by atoms with E-state index in [1.807, 2.05) is 6.07 Å². The zero-order chi connectivity index (χ0) is 24.9. The van der Waals surface area contributed by atoms with Gasteiger partial charge in [-0.3, -0.25) is 4.90 Å². The molecule has 1 aliphatic carbocycles. The molecule has 4 rings (SSSR count). The van der Waals surface area contributed by atoms with Crippen molar-refractivity contribution in [1.82, 2.24) is 9.62 Å². The molecule has 2 aromatic carbocycles. The predicted molar refractivity (Wildman–Crippen MR) is 143 cm³/mol. The third kappa shape index (κ3) is 6.53. The second-order valence-electron chi connectivity index (χ2n) is 10.5. The molecule has 0 spiro atoms. The smallest absolute Gasteiger partial charge is 0.209 e. The normalized spacial score (nSPS) is 27.2. The summed E-state index contributed by atoms with van der Waals surface area (Å²) in [4.78, 5) is 2.54. The van der Waals surface area contributed by atoms with E-state index in [1.165, 1.54) is 17.4 Å². The molecule has 0 bridgehead atoms. The van der Waals surface area contributed by atoms with Gasteiger partial charge in [0, 0.05) is 18.1 Å². The molecule has 5 nitrogen and oxygen atoms in total. The monoisotopic (exact) mass is 498 g/mol. The molecule has 0 radical (unpaired) electrons. The van der Waals surface area contributed by atoms with E-state index in [-0.39, 0.29) is 23.7 Å². The molecule has 1 saturated carbocycles. The van der Waals surface area contributed by atoms with Crippen LogP contribution in [0.1, 0.15) is 75.8 Å². The third-order valence-corrected chi connectivity index (χ3v) is 9.13. The Morgan fingerprint density at radius 3 is 2.11 bits per heavy atom. The maximum atomic E-state index is 12.3. The lowest BCUT2D eigenvalue weighted by molar-refractivity contribution is -0.0255. The van der Waals surface area contributed by atoms with E-state index < -0.39 is 10.0 Å². The average Bonchev–Trinajstić information content (AvgIpc) is 3.15. The fraction of sp³-hybridized carbons (Fsp3) is 0.586. The Morgan fingerprint density at radius 2 is 1.54 bits per heavy atom. The molecule has 1 aliphatic heterocycles. The number of sulfonamides is 1. The van der Waals surface area contributed by atoms with Crippen LogP contribution in [0.5, 0.6) is 0 Å². The van der Waals surface area contributed by atoms with Gasteiger partial charge in [0.2, 0.25) is 10.0 Å². The van der Waals surface area contributed by atoms with Crippen LogP contribution < -0.4 is 4.72 Å². The van der Waals surface area contributed by atoms with Gasteiger partial charge in [-0.25, -0.2) is 13.1 Å². The summed E-state index contributed by atoms with van der Waals surface area (Å²) in [6.07, 6.45) is 8.70. The zero-order valence-corrected chi connectivity index (χ0v) is 22.3. The van der Waals surface area contributed by atoms with Crippen molar-refractivity contribution in [2.24, 2.45) is 0 Å². The molecule has 35 heavy (non-hydrogen) atoms. The fourth-order valence-electron chi connectivity index (χ4n) is 6.37. The van der Waals surface area contributed by atoms with Crippen molar-refractivity contribution in [2.45, 2.75) is 95.0 Å². The van der Waals surface area contributed by atoms with Crippen molar-refractivity contribution in [3.05, 3.63) is 71.8 Å². The van der Waals surface area contributed by atoms with Gasteiger partial charge in [0.05, 0.1) is 25.0 Å². The molecule has 1 unspecified atom stereocenters. The Labute approximate surface area is 212 Å². The highest BCUT2D eigenvalue weighted by atomic mass is 32.2. The van der Waals surface area contributed by atoms with Crippen LogP contribution in [-0.2, 0) is 21.3 Å². The van der Waals surface area contributed by atoms with Crippen molar-refractivity contribution in [1.29, 1.82) is 0 Å². The van der Waals surface area contributed by atoms with Crippen LogP contribution >= 0.6 is 0 Å². The van der Waals surface area contributed by atoms with Gasteiger partial charge < -0.3 is 4.74 Å². The lowest BCUT2D eigenvalue weighted by atomic mass is 9.83. The summed E-state index contributed by atoms with van der Waals surface area (Å²) in [6.45, 7) is 5.82. The van der Waals surface area contributed by atoms with Gasteiger partial charge in [-0.15, -0.1) is 0 Å². The largest absolute Gasteiger partial charge is 0.377 e. The summed E-state index contributed by atoms with van der Waals surface area (Å²) in [5.41, 5.74) is 2.65. The number of nitrogens with zero attached hydrogens (tertiary/aromatic N) is 1. The van der Waals surface area contributed by atoms with Crippen molar-refractivity contribution >= 4 is 10.0 Å². The quantitative estimate of drug-likeness (QED) is 0.471. The number of ether oxygens (including phenoxy) is 1. The lowest BCUT2D eigenvalue weighted by Gasteiger charge is -2.41. The zero-order valence-electron chi connectivity index (χ0n) is 21.5. The molecule has 2 aliphatic rings. The fourth-order valence-corrected chi connectivity index (χ4v) is 7.16. The molecule has 0 amide bonds. The summed E-state index contributed by atoms with van der Waals surface area (Å²) >= 11 is 0. The highest BCUT2D eigenvalue weighted by molar-refractivity contribution is 7.88. The van der Waals surface area contributed by atoms with Gasteiger partial charge in [0.25, 0.3) is 0 Å². The van der Waals surface area contributed by atoms with Crippen LogP contribution in [0.25, 0.3) is 0 Å². The molecule has 1 N–H and O–H groups in total. The summed E-state index contributed by atoms with van der Waals surface area (Å²) in [5, 5.41) is 0. The standard InChI is InChI=1S/C29H42N2O3S/c1-4-29(5-2)20-27(30-35(3,32)33)28(31(29)21-23-12-8-6-9-13-23)22-34-26-18-16-25(17-19-26)24-14-10-7-11-15-24/h6-15,25-28,30H,4-5,16-22H2,1-3H3/t25?,26?,27-,28?/m0/s1. The molecule has 1 heterocycles. The summed E-state index contributed by atoms with van der Waals surface area (Å²) < 4.78 is 34.1. The molecule has 1 saturated heterocycles. The van der Waals surface area contributed by atoms with Gasteiger partial charge in [0.15, 0.2) is 0 Å². The number of benzene rings is 2. The van der Waals surface area contributed by atoms with Gasteiger partial charge in [-0.05, 0) is 62.0 Å². The second-order valence-corrected chi connectivity index (χ2v) is 12.3. The summed E-state index contributed by atoms with van der Waals surface area (Å²) in [6, 6.07) is 21.2. The first-order valence-electron chi connectivity index (χ1n) is 13.3. The molecule has 2 aromatic rings. The van der Waals surface area contributed by atoms with Crippen LogP contribution in [-0.4, -0.2) is 49.9 Å². The molecular formula is C29H42N2O3S. The van der Waals surface area contributed by atoms with Crippen molar-refractivity contribution in [3.63, 3.8) is 0 Å². The van der Waals surface area contributed by atoms with Crippen LogP contribution in [0.2, 0.25) is 0 Å². The number of hydrogen-bond donors (Lipinski definition) is 1. The predicted octanol–water partition coefficient (Wildman–Crippen LogP) is 5.48. The minimum atomic E-state index is -3.32. The van der Waals surface area contributed by atoms with Crippen LogP contribution in [0.4, 0.5) is 0 Å².